The van der Waals surface area contributed by atoms with Gasteiger partial charge in [0.1, 0.15) is 11.2 Å². The Bertz CT molecular complexity index is 2450. The first-order chi connectivity index (χ1) is 20.3. The van der Waals surface area contributed by atoms with Crippen molar-refractivity contribution < 1.29 is 4.42 Å². The van der Waals surface area contributed by atoms with Crippen LogP contribution in [0.2, 0.25) is 0 Å². The second-order valence-corrected chi connectivity index (χ2v) is 10.7. The molecule has 9 rings (SSSR count). The van der Waals surface area contributed by atoms with Gasteiger partial charge >= 0.3 is 0 Å². The van der Waals surface area contributed by atoms with E-state index in [1.165, 1.54) is 43.6 Å². The summed E-state index contributed by atoms with van der Waals surface area (Å²) in [5, 5.41) is 7.19. The Labute approximate surface area is 235 Å². The molecular weight excluding hydrogens is 500 g/mol. The lowest BCUT2D eigenvalue weighted by Gasteiger charge is -2.09. The monoisotopic (exact) mass is 524 g/mol. The Morgan fingerprint density at radius 1 is 0.439 bits per heavy atom. The molecule has 3 nitrogen and oxygen atoms in total. The van der Waals surface area contributed by atoms with Gasteiger partial charge in [0.05, 0.1) is 22.1 Å². The summed E-state index contributed by atoms with van der Waals surface area (Å²) in [5.74, 6) is 0. The van der Waals surface area contributed by atoms with Crippen LogP contribution >= 0.6 is 0 Å². The maximum absolute atomic E-state index is 6.35. The number of hydrogen-bond donors (Lipinski definition) is 0. The highest BCUT2D eigenvalue weighted by atomic mass is 16.3. The summed E-state index contributed by atoms with van der Waals surface area (Å²) in [6.07, 6.45) is 1.91. The molecule has 0 aliphatic rings. The Hall–Kier alpha value is -5.54. The zero-order valence-corrected chi connectivity index (χ0v) is 22.2. The number of benzene rings is 6. The third kappa shape index (κ3) is 3.09. The van der Waals surface area contributed by atoms with Gasteiger partial charge in [0.15, 0.2) is 0 Å². The molecule has 0 aliphatic carbocycles. The quantitative estimate of drug-likeness (QED) is 0.225. The van der Waals surface area contributed by atoms with Crippen LogP contribution in [0.3, 0.4) is 0 Å². The molecule has 0 fully saturated rings. The average molecular weight is 525 g/mol. The Balaban J connectivity index is 1.31. The van der Waals surface area contributed by atoms with E-state index in [1.807, 2.05) is 6.08 Å². The maximum Gasteiger partial charge on any atom is 0.135 e. The summed E-state index contributed by atoms with van der Waals surface area (Å²) in [7, 11) is 0. The van der Waals surface area contributed by atoms with E-state index in [0.29, 0.717) is 0 Å². The van der Waals surface area contributed by atoms with Gasteiger partial charge in [0.2, 0.25) is 0 Å². The lowest BCUT2D eigenvalue weighted by atomic mass is 10.1. The first kappa shape index (κ1) is 22.3. The molecule has 9 aromatic rings. The van der Waals surface area contributed by atoms with Crippen molar-refractivity contribution in [3.05, 3.63) is 140 Å². The third-order valence-corrected chi connectivity index (χ3v) is 8.47. The molecule has 0 saturated heterocycles. The molecule has 0 N–H and O–H groups in total. The number of fused-ring (bicyclic) bond motifs is 9. The predicted octanol–water partition coefficient (Wildman–Crippen LogP) is 10.4. The van der Waals surface area contributed by atoms with Crippen LogP contribution < -0.4 is 0 Å². The van der Waals surface area contributed by atoms with Crippen LogP contribution in [0.15, 0.2) is 138 Å². The van der Waals surface area contributed by atoms with Crippen LogP contribution in [-0.4, -0.2) is 9.13 Å². The molecule has 41 heavy (non-hydrogen) atoms. The molecule has 192 valence electrons. The summed E-state index contributed by atoms with van der Waals surface area (Å²) in [6, 6.07) is 45.5. The highest BCUT2D eigenvalue weighted by Crippen LogP contribution is 2.38. The summed E-state index contributed by atoms with van der Waals surface area (Å²) in [5.41, 5.74) is 9.89. The Morgan fingerprint density at radius 2 is 0.902 bits per heavy atom. The number of aromatic nitrogens is 2. The van der Waals surface area contributed by atoms with Gasteiger partial charge in [-0.15, -0.1) is 0 Å². The highest BCUT2D eigenvalue weighted by molar-refractivity contribution is 6.12. The number of furan rings is 1. The van der Waals surface area contributed by atoms with Gasteiger partial charge in [0, 0.05) is 43.7 Å². The van der Waals surface area contributed by atoms with E-state index in [9.17, 15) is 0 Å². The van der Waals surface area contributed by atoms with Gasteiger partial charge in [-0.3, -0.25) is 0 Å². The van der Waals surface area contributed by atoms with Crippen molar-refractivity contribution >= 4 is 71.6 Å². The summed E-state index contributed by atoms with van der Waals surface area (Å²) < 4.78 is 11.1. The lowest BCUT2D eigenvalue weighted by Crippen LogP contribution is -1.94. The van der Waals surface area contributed by atoms with Crippen LogP contribution in [0.1, 0.15) is 5.56 Å². The molecule has 0 atom stereocenters. The minimum absolute atomic E-state index is 0.887. The van der Waals surface area contributed by atoms with Gasteiger partial charge in [-0.1, -0.05) is 73.3 Å². The highest BCUT2D eigenvalue weighted by Gasteiger charge is 2.16. The molecular formula is C38H24N2O. The maximum atomic E-state index is 6.35. The van der Waals surface area contributed by atoms with E-state index in [0.717, 1.165) is 38.9 Å². The average Bonchev–Trinajstić information content (AvgIpc) is 3.67. The smallest absolute Gasteiger partial charge is 0.135 e. The fourth-order valence-corrected chi connectivity index (χ4v) is 6.63. The van der Waals surface area contributed by atoms with Gasteiger partial charge < -0.3 is 13.6 Å². The minimum atomic E-state index is 0.887. The molecule has 0 saturated carbocycles. The van der Waals surface area contributed by atoms with Crippen LogP contribution in [0.25, 0.3) is 83.0 Å². The predicted molar refractivity (Wildman–Crippen MR) is 172 cm³/mol. The fraction of sp³-hybridized carbons (Fsp3) is 0. The van der Waals surface area contributed by atoms with E-state index >= 15 is 0 Å². The van der Waals surface area contributed by atoms with Crippen molar-refractivity contribution in [3.63, 3.8) is 0 Å². The first-order valence-electron chi connectivity index (χ1n) is 13.9. The SMILES string of the molecule is C=Cc1ccc2c(c1)c1ccccc1n2-c1ccc2oc3ccc(-n4c5ccccc5c5ccccc54)cc3c2c1. The second-order valence-electron chi connectivity index (χ2n) is 10.7. The number of para-hydroxylation sites is 3. The van der Waals surface area contributed by atoms with Crippen molar-refractivity contribution in [2.75, 3.05) is 0 Å². The zero-order valence-electron chi connectivity index (χ0n) is 22.2. The van der Waals surface area contributed by atoms with Crippen LogP contribution in [-0.2, 0) is 0 Å². The van der Waals surface area contributed by atoms with Crippen molar-refractivity contribution in [2.24, 2.45) is 0 Å². The van der Waals surface area contributed by atoms with E-state index in [4.69, 9.17) is 4.42 Å². The first-order valence-corrected chi connectivity index (χ1v) is 13.9. The molecule has 0 radical (unpaired) electrons. The number of hydrogen-bond acceptors (Lipinski definition) is 1. The number of nitrogens with zero attached hydrogens (tertiary/aromatic N) is 2. The summed E-state index contributed by atoms with van der Waals surface area (Å²) in [6.45, 7) is 3.98. The third-order valence-electron chi connectivity index (χ3n) is 8.47. The number of rotatable bonds is 3. The Morgan fingerprint density at radius 3 is 1.41 bits per heavy atom. The summed E-state index contributed by atoms with van der Waals surface area (Å²) in [4.78, 5) is 0. The van der Waals surface area contributed by atoms with Crippen molar-refractivity contribution in [1.82, 2.24) is 9.13 Å². The minimum Gasteiger partial charge on any atom is -0.456 e. The Kier molecular flexibility index (Phi) is 4.48. The topological polar surface area (TPSA) is 23.0 Å². The fourth-order valence-electron chi connectivity index (χ4n) is 6.63. The van der Waals surface area contributed by atoms with E-state index in [1.54, 1.807) is 0 Å². The second kappa shape index (κ2) is 8.23. The van der Waals surface area contributed by atoms with Crippen LogP contribution in [0.4, 0.5) is 0 Å². The molecule has 6 aromatic carbocycles. The molecule has 0 amide bonds. The van der Waals surface area contributed by atoms with Gasteiger partial charge in [-0.2, -0.15) is 0 Å². The van der Waals surface area contributed by atoms with Gasteiger partial charge in [0.25, 0.3) is 0 Å². The van der Waals surface area contributed by atoms with Gasteiger partial charge in [-0.25, -0.2) is 0 Å². The van der Waals surface area contributed by atoms with Crippen LogP contribution in [0, 0.1) is 0 Å². The standard InChI is InChI=1S/C38H24N2O/c1-2-24-15-18-36-30(21-24)29-11-5-8-14-35(29)40(36)26-17-20-38-32(23-26)31-22-25(16-19-37(31)41-38)39-33-12-6-3-9-27(33)28-10-4-7-13-34(28)39/h2-23H,1H2. The lowest BCUT2D eigenvalue weighted by molar-refractivity contribution is 0.669. The largest absolute Gasteiger partial charge is 0.456 e. The van der Waals surface area contributed by atoms with E-state index in [2.05, 4.69) is 143 Å². The zero-order chi connectivity index (χ0) is 27.1. The molecule has 0 bridgehead atoms. The molecule has 0 aliphatic heterocycles. The van der Waals surface area contributed by atoms with Crippen LogP contribution in [0.5, 0.6) is 0 Å². The molecule has 0 spiro atoms. The summed E-state index contributed by atoms with van der Waals surface area (Å²) >= 11 is 0. The molecule has 3 heteroatoms. The van der Waals surface area contributed by atoms with Crippen molar-refractivity contribution in [2.45, 2.75) is 0 Å². The molecule has 3 aromatic heterocycles. The molecule has 3 heterocycles. The van der Waals surface area contributed by atoms with E-state index < -0.39 is 0 Å². The van der Waals surface area contributed by atoms with Gasteiger partial charge in [-0.05, 0) is 72.3 Å². The van der Waals surface area contributed by atoms with E-state index in [-0.39, 0.29) is 0 Å². The molecule has 0 unspecified atom stereocenters. The normalized spacial score (nSPS) is 12.0. The van der Waals surface area contributed by atoms with Crippen molar-refractivity contribution in [1.29, 1.82) is 0 Å². The van der Waals surface area contributed by atoms with Crippen molar-refractivity contribution in [3.8, 4) is 11.4 Å².